The van der Waals surface area contributed by atoms with Gasteiger partial charge in [-0.25, -0.2) is 10.3 Å². The van der Waals surface area contributed by atoms with Crippen LogP contribution in [0.1, 0.15) is 23.1 Å². The molecule has 0 saturated heterocycles. The topological polar surface area (TPSA) is 125 Å². The molecular weight excluding hydrogens is 542 g/mol. The molecule has 0 aromatic heterocycles. The van der Waals surface area contributed by atoms with E-state index < -0.39 is 17.5 Å². The molecule has 0 radical (unpaired) electrons. The lowest BCUT2D eigenvalue weighted by atomic mass is 9.80. The highest BCUT2D eigenvalue weighted by atomic mass is 16.7. The largest absolute Gasteiger partial charge is 0.497 e. The van der Waals surface area contributed by atoms with Gasteiger partial charge in [0.15, 0.2) is 19.1 Å². The molecule has 0 aliphatic heterocycles. The third kappa shape index (κ3) is 8.85. The average Bonchev–Trinajstić information content (AvgIpc) is 3.01. The van der Waals surface area contributed by atoms with Gasteiger partial charge < -0.3 is 24.3 Å². The fraction of sp³-hybridized carbons (Fsp3) is 0.323. The fourth-order valence-electron chi connectivity index (χ4n) is 4.30. The van der Waals surface area contributed by atoms with E-state index in [2.05, 4.69) is 10.8 Å². The number of rotatable bonds is 17. The highest BCUT2D eigenvalue weighted by Crippen LogP contribution is 2.41. The van der Waals surface area contributed by atoms with Gasteiger partial charge in [0.25, 0.3) is 0 Å². The molecule has 2 N–H and O–H groups in total. The minimum atomic E-state index is -1.05. The zero-order chi connectivity index (χ0) is 30.4. The van der Waals surface area contributed by atoms with Gasteiger partial charge in [-0.3, -0.25) is 19.3 Å². The number of benzene rings is 3. The number of hydroxylamine groups is 1. The van der Waals surface area contributed by atoms with Crippen LogP contribution in [0.25, 0.3) is 0 Å². The van der Waals surface area contributed by atoms with Crippen molar-refractivity contribution in [2.24, 2.45) is 0 Å². The van der Waals surface area contributed by atoms with Crippen molar-refractivity contribution in [2.45, 2.75) is 12.0 Å². The lowest BCUT2D eigenvalue weighted by Crippen LogP contribution is -2.39. The molecule has 0 fully saturated rings. The molecule has 0 atom stereocenters. The Morgan fingerprint density at radius 1 is 0.810 bits per heavy atom. The summed E-state index contributed by atoms with van der Waals surface area (Å²) in [5, 5.41) is 2.38. The SMILES string of the molecule is CNOCC(=O)OCNC(=O)CC(=O)CN(C)COC(c1ccccc1)(c1ccc(OC)cc1)c1ccc(OC)cc1. The monoisotopic (exact) mass is 579 g/mol. The van der Waals surface area contributed by atoms with Crippen molar-refractivity contribution < 1.29 is 38.2 Å². The molecule has 0 heterocycles. The van der Waals surface area contributed by atoms with Crippen molar-refractivity contribution in [2.75, 3.05) is 54.9 Å². The summed E-state index contributed by atoms with van der Waals surface area (Å²) in [7, 11) is 6.46. The van der Waals surface area contributed by atoms with Crippen molar-refractivity contribution >= 4 is 17.7 Å². The van der Waals surface area contributed by atoms with Crippen molar-refractivity contribution in [3.63, 3.8) is 0 Å². The third-order valence-corrected chi connectivity index (χ3v) is 6.32. The van der Waals surface area contributed by atoms with Gasteiger partial charge in [0.1, 0.15) is 23.8 Å². The number of esters is 1. The number of nitrogens with zero attached hydrogens (tertiary/aromatic N) is 1. The lowest BCUT2D eigenvalue weighted by molar-refractivity contribution is -0.152. The Morgan fingerprint density at radius 2 is 1.36 bits per heavy atom. The molecule has 1 amide bonds. The lowest BCUT2D eigenvalue weighted by Gasteiger charge is -2.37. The minimum Gasteiger partial charge on any atom is -0.497 e. The highest BCUT2D eigenvalue weighted by molar-refractivity contribution is 5.98. The second kappa shape index (κ2) is 16.2. The maximum Gasteiger partial charge on any atom is 0.335 e. The maximum atomic E-state index is 12.7. The molecule has 0 aliphatic rings. The standard InChI is InChI=1S/C31H37N3O8/c1-32-42-20-30(37)40-21-33-29(36)18-26(35)19-34(2)22-41-31(23-8-6-5-7-9-23,24-10-14-27(38-3)15-11-24)25-12-16-28(39-4)17-13-25/h5-17,32H,18-22H2,1-4H3,(H,33,36). The van der Waals surface area contributed by atoms with Crippen LogP contribution in [-0.2, 0) is 34.3 Å². The molecule has 0 unspecified atom stereocenters. The fourth-order valence-corrected chi connectivity index (χ4v) is 4.30. The summed E-state index contributed by atoms with van der Waals surface area (Å²) < 4.78 is 22.3. The van der Waals surface area contributed by atoms with E-state index >= 15 is 0 Å². The van der Waals surface area contributed by atoms with Gasteiger partial charge in [-0.2, -0.15) is 0 Å². The van der Waals surface area contributed by atoms with Crippen LogP contribution in [0.15, 0.2) is 78.9 Å². The van der Waals surface area contributed by atoms with E-state index in [-0.39, 0.29) is 38.8 Å². The zero-order valence-corrected chi connectivity index (χ0v) is 24.3. The summed E-state index contributed by atoms with van der Waals surface area (Å²) in [6.07, 6.45) is -0.379. The molecule has 0 bridgehead atoms. The molecule has 42 heavy (non-hydrogen) atoms. The van der Waals surface area contributed by atoms with E-state index in [4.69, 9.17) is 23.8 Å². The average molecular weight is 580 g/mol. The molecule has 224 valence electrons. The molecule has 11 nitrogen and oxygen atoms in total. The van der Waals surface area contributed by atoms with Crippen LogP contribution >= 0.6 is 0 Å². The summed E-state index contributed by atoms with van der Waals surface area (Å²) >= 11 is 0. The van der Waals surface area contributed by atoms with Gasteiger partial charge >= 0.3 is 5.97 Å². The number of hydrogen-bond donors (Lipinski definition) is 2. The number of amides is 1. The first-order valence-corrected chi connectivity index (χ1v) is 13.2. The first-order valence-electron chi connectivity index (χ1n) is 13.2. The van der Waals surface area contributed by atoms with Gasteiger partial charge in [0, 0.05) is 7.05 Å². The van der Waals surface area contributed by atoms with E-state index in [1.165, 1.54) is 7.05 Å². The number of ether oxygens (including phenoxy) is 4. The van der Waals surface area contributed by atoms with Crippen molar-refractivity contribution in [1.29, 1.82) is 0 Å². The molecule has 0 saturated carbocycles. The Hall–Kier alpha value is -4.29. The van der Waals surface area contributed by atoms with Crippen LogP contribution in [0.5, 0.6) is 11.5 Å². The molecule has 3 rings (SSSR count). The second-order valence-corrected chi connectivity index (χ2v) is 9.26. The number of ketones is 1. The van der Waals surface area contributed by atoms with Crippen LogP contribution in [0.3, 0.4) is 0 Å². The van der Waals surface area contributed by atoms with Gasteiger partial charge in [-0.15, -0.1) is 0 Å². The summed E-state index contributed by atoms with van der Waals surface area (Å²) in [5.74, 6) is -0.145. The Kier molecular flexibility index (Phi) is 12.5. The number of likely N-dealkylation sites (N-methyl/N-ethyl adjacent to an activating group) is 1. The van der Waals surface area contributed by atoms with Crippen LogP contribution in [0.2, 0.25) is 0 Å². The van der Waals surface area contributed by atoms with E-state index in [9.17, 15) is 14.4 Å². The summed E-state index contributed by atoms with van der Waals surface area (Å²) in [6.45, 7) is -0.656. The van der Waals surface area contributed by atoms with Crippen molar-refractivity contribution in [3.8, 4) is 11.5 Å². The highest BCUT2D eigenvalue weighted by Gasteiger charge is 2.38. The number of carbonyl (C=O) groups is 3. The van der Waals surface area contributed by atoms with E-state index in [0.29, 0.717) is 11.5 Å². The number of carbonyl (C=O) groups excluding carboxylic acids is 3. The van der Waals surface area contributed by atoms with Crippen LogP contribution in [0, 0.1) is 0 Å². The Bertz CT molecular complexity index is 1240. The number of Topliss-reactive ketones (excluding diaryl/α,β-unsaturated/α-hetero) is 1. The van der Waals surface area contributed by atoms with Gasteiger partial charge in [-0.05, 0) is 48.0 Å². The van der Waals surface area contributed by atoms with Crippen molar-refractivity contribution in [3.05, 3.63) is 95.6 Å². The first-order chi connectivity index (χ1) is 20.3. The first kappa shape index (κ1) is 32.2. The minimum absolute atomic E-state index is 0.0423. The molecule has 3 aromatic carbocycles. The van der Waals surface area contributed by atoms with E-state index in [0.717, 1.165) is 16.7 Å². The second-order valence-electron chi connectivity index (χ2n) is 9.26. The molecule has 11 heteroatoms. The Labute approximate surface area is 245 Å². The zero-order valence-electron chi connectivity index (χ0n) is 24.3. The Balaban J connectivity index is 1.76. The van der Waals surface area contributed by atoms with E-state index in [1.807, 2.05) is 78.9 Å². The Morgan fingerprint density at radius 3 is 1.88 bits per heavy atom. The molecule has 0 spiro atoms. The predicted octanol–water partition coefficient (Wildman–Crippen LogP) is 2.63. The number of hydrogen-bond acceptors (Lipinski definition) is 10. The van der Waals surface area contributed by atoms with Crippen LogP contribution < -0.4 is 20.3 Å². The van der Waals surface area contributed by atoms with Crippen LogP contribution in [0.4, 0.5) is 0 Å². The quantitative estimate of drug-likeness (QED) is 0.0811. The molecule has 0 aliphatic carbocycles. The van der Waals surface area contributed by atoms with Gasteiger partial charge in [-0.1, -0.05) is 54.6 Å². The summed E-state index contributed by atoms with van der Waals surface area (Å²) in [6, 6.07) is 25.1. The summed E-state index contributed by atoms with van der Waals surface area (Å²) in [5.41, 5.74) is 3.89. The van der Waals surface area contributed by atoms with Crippen molar-refractivity contribution in [1.82, 2.24) is 15.7 Å². The number of nitrogens with one attached hydrogen (secondary N) is 2. The molecular formula is C31H37N3O8. The van der Waals surface area contributed by atoms with Crippen LogP contribution in [-0.4, -0.2) is 77.5 Å². The van der Waals surface area contributed by atoms with E-state index in [1.54, 1.807) is 26.2 Å². The van der Waals surface area contributed by atoms with Gasteiger partial charge in [0.2, 0.25) is 5.91 Å². The summed E-state index contributed by atoms with van der Waals surface area (Å²) in [4.78, 5) is 42.6. The predicted molar refractivity (Wildman–Crippen MR) is 155 cm³/mol. The normalized spacial score (nSPS) is 11.2. The maximum absolute atomic E-state index is 12.7. The molecule has 3 aromatic rings. The number of methoxy groups -OCH3 is 2. The third-order valence-electron chi connectivity index (χ3n) is 6.32. The van der Waals surface area contributed by atoms with Gasteiger partial charge in [0.05, 0.1) is 27.2 Å². The smallest absolute Gasteiger partial charge is 0.335 e.